The number of piperidine rings is 1. The molecule has 0 radical (unpaired) electrons. The summed E-state index contributed by atoms with van der Waals surface area (Å²) in [6, 6.07) is 0. The molecule has 0 aromatic rings. The second kappa shape index (κ2) is 7.17. The molecule has 1 heterocycles. The topological polar surface area (TPSA) is 68.5 Å². The van der Waals surface area contributed by atoms with E-state index in [4.69, 9.17) is 5.26 Å². The zero-order chi connectivity index (χ0) is 12.7. The summed E-state index contributed by atoms with van der Waals surface area (Å²) in [5, 5.41) is 12.2. The third kappa shape index (κ3) is 4.65. The maximum Gasteiger partial charge on any atom is 0.216 e. The van der Waals surface area contributed by atoms with Gasteiger partial charge in [0, 0.05) is 26.6 Å². The molecular weight excluding hydrogens is 236 g/mol. The van der Waals surface area contributed by atoms with Crippen molar-refractivity contribution in [3.05, 3.63) is 0 Å². The second-order valence-electron chi connectivity index (χ2n) is 4.07. The van der Waals surface area contributed by atoms with E-state index in [0.29, 0.717) is 5.92 Å². The van der Waals surface area contributed by atoms with Gasteiger partial charge in [0.2, 0.25) is 12.1 Å². The normalized spacial score (nSPS) is 17.7. The van der Waals surface area contributed by atoms with Crippen LogP contribution in [0.2, 0.25) is 0 Å². The molecule has 94 valence electrons. The SMILES string of the molecule is CSC(=NC#N)N1CCC(CNC(C)=O)CC1. The van der Waals surface area contributed by atoms with E-state index in [-0.39, 0.29) is 5.91 Å². The lowest BCUT2D eigenvalue weighted by atomic mass is 9.97. The molecule has 17 heavy (non-hydrogen) atoms. The Hall–Kier alpha value is -1.22. The largest absolute Gasteiger partial charge is 0.356 e. The van der Waals surface area contributed by atoms with E-state index in [1.807, 2.05) is 12.4 Å². The first-order chi connectivity index (χ1) is 8.17. The van der Waals surface area contributed by atoms with Crippen molar-refractivity contribution < 1.29 is 4.79 Å². The van der Waals surface area contributed by atoms with Crippen molar-refractivity contribution in [3.8, 4) is 6.19 Å². The Labute approximate surface area is 106 Å². The van der Waals surface area contributed by atoms with Crippen LogP contribution in [0.1, 0.15) is 19.8 Å². The van der Waals surface area contributed by atoms with Gasteiger partial charge in [-0.15, -0.1) is 4.99 Å². The number of carbonyl (C=O) groups excluding carboxylic acids is 1. The molecule has 5 nitrogen and oxygen atoms in total. The van der Waals surface area contributed by atoms with Crippen molar-refractivity contribution >= 4 is 22.8 Å². The molecular formula is C11H18N4OS. The van der Waals surface area contributed by atoms with Crippen LogP contribution in [0.3, 0.4) is 0 Å². The lowest BCUT2D eigenvalue weighted by molar-refractivity contribution is -0.119. The highest BCUT2D eigenvalue weighted by Gasteiger charge is 2.21. The number of likely N-dealkylation sites (tertiary alicyclic amines) is 1. The average Bonchev–Trinajstić information content (AvgIpc) is 2.34. The number of thioether (sulfide) groups is 1. The third-order valence-corrected chi connectivity index (χ3v) is 3.57. The summed E-state index contributed by atoms with van der Waals surface area (Å²) in [6.45, 7) is 4.12. The maximum absolute atomic E-state index is 10.8. The maximum atomic E-state index is 10.8. The number of nitriles is 1. The Bertz CT molecular complexity index is 329. The van der Waals surface area contributed by atoms with Gasteiger partial charge in [0.1, 0.15) is 0 Å². The molecule has 0 bridgehead atoms. The smallest absolute Gasteiger partial charge is 0.216 e. The molecule has 6 heteroatoms. The van der Waals surface area contributed by atoms with Gasteiger partial charge in [-0.1, -0.05) is 11.8 Å². The highest BCUT2D eigenvalue weighted by Crippen LogP contribution is 2.19. The van der Waals surface area contributed by atoms with Crippen molar-refractivity contribution in [1.82, 2.24) is 10.2 Å². The van der Waals surface area contributed by atoms with E-state index in [1.165, 1.54) is 11.8 Å². The van der Waals surface area contributed by atoms with Crippen molar-refractivity contribution in [2.75, 3.05) is 25.9 Å². The Morgan fingerprint density at radius 1 is 1.59 bits per heavy atom. The van der Waals surface area contributed by atoms with Crippen LogP contribution in [0.25, 0.3) is 0 Å². The Balaban J connectivity index is 2.37. The molecule has 0 saturated carbocycles. The van der Waals surface area contributed by atoms with Crippen LogP contribution in [-0.2, 0) is 4.79 Å². The second-order valence-corrected chi connectivity index (χ2v) is 4.84. The number of aliphatic imine (C=N–C) groups is 1. The molecule has 0 aromatic carbocycles. The van der Waals surface area contributed by atoms with Crippen LogP contribution in [0, 0.1) is 17.4 Å². The van der Waals surface area contributed by atoms with E-state index >= 15 is 0 Å². The number of hydrogen-bond donors (Lipinski definition) is 1. The standard InChI is InChI=1S/C11H18N4OS/c1-9(16)13-7-10-3-5-15(6-4-10)11(17-2)14-8-12/h10H,3-7H2,1-2H3,(H,13,16). The zero-order valence-electron chi connectivity index (χ0n) is 10.3. The number of amidine groups is 1. The Morgan fingerprint density at radius 2 is 2.24 bits per heavy atom. The van der Waals surface area contributed by atoms with E-state index in [9.17, 15) is 4.79 Å². The fourth-order valence-corrected chi connectivity index (χ4v) is 2.48. The number of rotatable bonds is 2. The molecule has 1 saturated heterocycles. The van der Waals surface area contributed by atoms with Crippen molar-refractivity contribution in [2.45, 2.75) is 19.8 Å². The highest BCUT2D eigenvalue weighted by molar-refractivity contribution is 8.13. The van der Waals surface area contributed by atoms with E-state index in [2.05, 4.69) is 15.2 Å². The number of nitrogens with zero attached hydrogens (tertiary/aromatic N) is 3. The van der Waals surface area contributed by atoms with Crippen molar-refractivity contribution in [3.63, 3.8) is 0 Å². The molecule has 0 atom stereocenters. The molecule has 1 aliphatic rings. The molecule has 0 unspecified atom stereocenters. The number of carbonyl (C=O) groups is 1. The van der Waals surface area contributed by atoms with Gasteiger partial charge in [-0.2, -0.15) is 5.26 Å². The summed E-state index contributed by atoms with van der Waals surface area (Å²) >= 11 is 1.50. The third-order valence-electron chi connectivity index (χ3n) is 2.85. The fourth-order valence-electron chi connectivity index (χ4n) is 1.90. The van der Waals surface area contributed by atoms with E-state index in [0.717, 1.165) is 37.6 Å². The summed E-state index contributed by atoms with van der Waals surface area (Å²) in [5.74, 6) is 0.573. The van der Waals surface area contributed by atoms with Crippen LogP contribution in [0.4, 0.5) is 0 Å². The first-order valence-electron chi connectivity index (χ1n) is 5.67. The van der Waals surface area contributed by atoms with Crippen molar-refractivity contribution in [2.24, 2.45) is 10.9 Å². The Morgan fingerprint density at radius 3 is 2.71 bits per heavy atom. The summed E-state index contributed by atoms with van der Waals surface area (Å²) in [6.07, 6.45) is 5.83. The van der Waals surface area contributed by atoms with Crippen LogP contribution < -0.4 is 5.32 Å². The number of hydrogen-bond acceptors (Lipinski definition) is 4. The average molecular weight is 254 g/mol. The molecule has 0 spiro atoms. The predicted octanol–water partition coefficient (Wildman–Crippen LogP) is 1.03. The fraction of sp³-hybridized carbons (Fsp3) is 0.727. The van der Waals surface area contributed by atoms with Gasteiger partial charge in [0.05, 0.1) is 0 Å². The monoisotopic (exact) mass is 254 g/mol. The van der Waals surface area contributed by atoms with Gasteiger partial charge in [-0.25, -0.2) is 0 Å². The summed E-state index contributed by atoms with van der Waals surface area (Å²) in [7, 11) is 0. The first kappa shape index (κ1) is 13.8. The minimum absolute atomic E-state index is 0.0308. The van der Waals surface area contributed by atoms with E-state index < -0.39 is 0 Å². The van der Waals surface area contributed by atoms with Crippen LogP contribution in [-0.4, -0.2) is 41.9 Å². The predicted molar refractivity (Wildman–Crippen MR) is 69.5 cm³/mol. The van der Waals surface area contributed by atoms with Crippen LogP contribution in [0.5, 0.6) is 0 Å². The van der Waals surface area contributed by atoms with E-state index in [1.54, 1.807) is 6.92 Å². The van der Waals surface area contributed by atoms with Gasteiger partial charge in [0.15, 0.2) is 5.17 Å². The molecule has 1 amide bonds. The molecule has 0 aromatic heterocycles. The molecule has 1 fully saturated rings. The molecule has 1 rings (SSSR count). The van der Waals surface area contributed by atoms with Gasteiger partial charge in [-0.05, 0) is 25.0 Å². The first-order valence-corrected chi connectivity index (χ1v) is 6.90. The highest BCUT2D eigenvalue weighted by atomic mass is 32.2. The number of nitrogens with one attached hydrogen (secondary N) is 1. The number of amides is 1. The summed E-state index contributed by atoms with van der Waals surface area (Å²) in [4.78, 5) is 16.8. The zero-order valence-corrected chi connectivity index (χ0v) is 11.1. The quantitative estimate of drug-likeness (QED) is 0.454. The van der Waals surface area contributed by atoms with Gasteiger partial charge in [-0.3, -0.25) is 4.79 Å². The minimum atomic E-state index is 0.0308. The van der Waals surface area contributed by atoms with Crippen molar-refractivity contribution in [1.29, 1.82) is 5.26 Å². The summed E-state index contributed by atoms with van der Waals surface area (Å²) < 4.78 is 0. The van der Waals surface area contributed by atoms with Crippen LogP contribution >= 0.6 is 11.8 Å². The lowest BCUT2D eigenvalue weighted by Gasteiger charge is -2.33. The lowest BCUT2D eigenvalue weighted by Crippen LogP contribution is -2.40. The van der Waals surface area contributed by atoms with Crippen LogP contribution in [0.15, 0.2) is 4.99 Å². The minimum Gasteiger partial charge on any atom is -0.356 e. The Kier molecular flexibility index (Phi) is 5.84. The van der Waals surface area contributed by atoms with Gasteiger partial charge < -0.3 is 10.2 Å². The molecule has 1 N–H and O–H groups in total. The van der Waals surface area contributed by atoms with Gasteiger partial charge >= 0.3 is 0 Å². The van der Waals surface area contributed by atoms with Gasteiger partial charge in [0.25, 0.3) is 0 Å². The summed E-state index contributed by atoms with van der Waals surface area (Å²) in [5.41, 5.74) is 0. The molecule has 0 aliphatic carbocycles. The molecule has 1 aliphatic heterocycles.